The summed E-state index contributed by atoms with van der Waals surface area (Å²) in [5.74, 6) is 1.65. The number of fused-ring (bicyclic) bond motifs is 6. The molecule has 0 aliphatic rings. The summed E-state index contributed by atoms with van der Waals surface area (Å²) < 4.78 is 4.70. The molecule has 0 unspecified atom stereocenters. The average molecular weight is 843 g/mol. The lowest BCUT2D eigenvalue weighted by atomic mass is 9.85. The molecule has 0 amide bonds. The van der Waals surface area contributed by atoms with Gasteiger partial charge in [0.1, 0.15) is 11.6 Å². The van der Waals surface area contributed by atoms with E-state index >= 15 is 0 Å². The van der Waals surface area contributed by atoms with Gasteiger partial charge in [0, 0.05) is 69.2 Å². The predicted molar refractivity (Wildman–Crippen MR) is 271 cm³/mol. The van der Waals surface area contributed by atoms with Crippen molar-refractivity contribution in [3.8, 4) is 34.0 Å². The molecular weight excluding hydrogens is 793 g/mol. The first-order chi connectivity index (χ1) is 31.5. The van der Waals surface area contributed by atoms with Crippen molar-refractivity contribution < 1.29 is 0 Å². The Morgan fingerprint density at radius 2 is 0.846 bits per heavy atom. The number of anilines is 3. The first-order valence-electron chi connectivity index (χ1n) is 22.4. The maximum Gasteiger partial charge on any atom is 0.142 e. The van der Waals surface area contributed by atoms with Crippen LogP contribution in [-0.2, 0) is 10.8 Å². The number of pyridine rings is 3. The van der Waals surface area contributed by atoms with Crippen molar-refractivity contribution >= 4 is 60.7 Å². The smallest absolute Gasteiger partial charge is 0.142 e. The minimum absolute atomic E-state index is 0.0221. The zero-order chi connectivity index (χ0) is 44.5. The number of aromatic nitrogens is 5. The van der Waals surface area contributed by atoms with Gasteiger partial charge in [-0.3, -0.25) is 19.1 Å². The standard InChI is InChI=1S/C59H50N6/c1-58(2,3)42-22-28-54-49(35-42)50-36-43(59(4,5)6)23-29-55(50)65(54)57-38-46(37-56(62-57)64-52-16-9-7-13-47(52)48-14-8-10-17-53(48)64)63(44-24-18-39(19-25-44)40-30-33-60-34-31-40)45-26-20-41(21-27-45)51-15-11-12-32-61-51/h7-38H,1-6H3. The highest BCUT2D eigenvalue weighted by Crippen LogP contribution is 2.42. The van der Waals surface area contributed by atoms with E-state index in [4.69, 9.17) is 4.98 Å². The molecule has 0 aliphatic carbocycles. The zero-order valence-corrected chi connectivity index (χ0v) is 37.7. The number of para-hydroxylation sites is 2. The SMILES string of the molecule is CC(C)(C)c1ccc2c(c1)c1cc(C(C)(C)C)ccc1n2-c1cc(N(c2ccc(-c3ccncc3)cc2)c2ccc(-c3ccccn3)cc2)cc(-n2c3ccccc3c3ccccc32)n1. The van der Waals surface area contributed by atoms with Crippen LogP contribution in [0.15, 0.2) is 195 Å². The molecule has 316 valence electrons. The van der Waals surface area contributed by atoms with Crippen LogP contribution in [0.5, 0.6) is 0 Å². The first-order valence-corrected chi connectivity index (χ1v) is 22.4. The molecule has 5 aromatic heterocycles. The van der Waals surface area contributed by atoms with Crippen molar-refractivity contribution in [2.45, 2.75) is 52.4 Å². The van der Waals surface area contributed by atoms with Gasteiger partial charge in [-0.25, -0.2) is 4.98 Å². The number of nitrogens with zero attached hydrogens (tertiary/aromatic N) is 6. The molecule has 6 heteroatoms. The molecule has 0 radical (unpaired) electrons. The van der Waals surface area contributed by atoms with Crippen molar-refractivity contribution in [2.24, 2.45) is 0 Å². The largest absolute Gasteiger partial charge is 0.310 e. The van der Waals surface area contributed by atoms with Gasteiger partial charge in [0.25, 0.3) is 0 Å². The van der Waals surface area contributed by atoms with E-state index in [9.17, 15) is 0 Å². The normalized spacial score (nSPS) is 12.2. The van der Waals surface area contributed by atoms with Gasteiger partial charge in [-0.05, 0) is 118 Å². The third kappa shape index (κ3) is 7.12. The molecule has 0 saturated carbocycles. The first kappa shape index (κ1) is 40.0. The van der Waals surface area contributed by atoms with E-state index in [0.717, 1.165) is 73.1 Å². The average Bonchev–Trinajstić information content (AvgIpc) is 3.84. The summed E-state index contributed by atoms with van der Waals surface area (Å²) in [6, 6.07) is 63.5. The summed E-state index contributed by atoms with van der Waals surface area (Å²) in [7, 11) is 0. The highest BCUT2D eigenvalue weighted by molar-refractivity contribution is 6.11. The molecule has 0 fully saturated rings. The lowest BCUT2D eigenvalue weighted by Gasteiger charge is -2.27. The maximum atomic E-state index is 5.72. The Bertz CT molecular complexity index is 3330. The minimum atomic E-state index is -0.0221. The van der Waals surface area contributed by atoms with Gasteiger partial charge in [0.2, 0.25) is 0 Å². The third-order valence-corrected chi connectivity index (χ3v) is 12.8. The number of hydrogen-bond acceptors (Lipinski definition) is 4. The fraction of sp³-hybridized carbons (Fsp3) is 0.136. The molecule has 6 aromatic carbocycles. The number of rotatable bonds is 7. The van der Waals surface area contributed by atoms with Crippen molar-refractivity contribution in [3.63, 3.8) is 0 Å². The lowest BCUT2D eigenvalue weighted by molar-refractivity contribution is 0.590. The Hall–Kier alpha value is -7.83. The molecule has 0 aliphatic heterocycles. The van der Waals surface area contributed by atoms with Gasteiger partial charge in [-0.15, -0.1) is 0 Å². The van der Waals surface area contributed by atoms with Crippen LogP contribution in [0, 0.1) is 0 Å². The Morgan fingerprint density at radius 3 is 1.34 bits per heavy atom. The van der Waals surface area contributed by atoms with Crippen LogP contribution in [0.1, 0.15) is 52.7 Å². The Morgan fingerprint density at radius 1 is 0.385 bits per heavy atom. The van der Waals surface area contributed by atoms with E-state index < -0.39 is 0 Å². The molecule has 11 rings (SSSR count). The second-order valence-electron chi connectivity index (χ2n) is 19.1. The van der Waals surface area contributed by atoms with E-state index in [-0.39, 0.29) is 10.8 Å². The fourth-order valence-electron chi connectivity index (χ4n) is 9.33. The van der Waals surface area contributed by atoms with Gasteiger partial charge >= 0.3 is 0 Å². The van der Waals surface area contributed by atoms with Crippen LogP contribution in [0.3, 0.4) is 0 Å². The predicted octanol–water partition coefficient (Wildman–Crippen LogP) is 15.5. The second-order valence-corrected chi connectivity index (χ2v) is 19.1. The van der Waals surface area contributed by atoms with Crippen LogP contribution in [0.4, 0.5) is 17.1 Å². The topological polar surface area (TPSA) is 51.8 Å². The zero-order valence-electron chi connectivity index (χ0n) is 37.7. The van der Waals surface area contributed by atoms with E-state index in [0.29, 0.717) is 0 Å². The van der Waals surface area contributed by atoms with Gasteiger partial charge in [0.15, 0.2) is 0 Å². The lowest BCUT2D eigenvalue weighted by Crippen LogP contribution is -2.13. The summed E-state index contributed by atoms with van der Waals surface area (Å²) in [5.41, 5.74) is 14.2. The molecule has 0 saturated heterocycles. The van der Waals surface area contributed by atoms with Crippen molar-refractivity contribution in [1.29, 1.82) is 0 Å². The highest BCUT2D eigenvalue weighted by Gasteiger charge is 2.24. The highest BCUT2D eigenvalue weighted by atomic mass is 15.2. The third-order valence-electron chi connectivity index (χ3n) is 12.8. The van der Waals surface area contributed by atoms with Crippen LogP contribution in [-0.4, -0.2) is 24.1 Å². The van der Waals surface area contributed by atoms with Crippen molar-refractivity contribution in [3.05, 3.63) is 206 Å². The Balaban J connectivity index is 1.21. The molecule has 5 heterocycles. The van der Waals surface area contributed by atoms with E-state index in [2.05, 4.69) is 229 Å². The van der Waals surface area contributed by atoms with Gasteiger partial charge in [-0.2, -0.15) is 0 Å². The summed E-state index contributed by atoms with van der Waals surface area (Å²) in [4.78, 5) is 17.0. The molecule has 11 aromatic rings. The van der Waals surface area contributed by atoms with Crippen molar-refractivity contribution in [1.82, 2.24) is 24.1 Å². The van der Waals surface area contributed by atoms with Gasteiger partial charge in [-0.1, -0.05) is 120 Å². The molecular formula is C59H50N6. The summed E-state index contributed by atoms with van der Waals surface area (Å²) in [6.07, 6.45) is 5.53. The molecule has 6 nitrogen and oxygen atoms in total. The van der Waals surface area contributed by atoms with Crippen LogP contribution in [0.2, 0.25) is 0 Å². The molecule has 0 spiro atoms. The Labute approximate surface area is 380 Å². The second kappa shape index (κ2) is 15.5. The fourth-order valence-corrected chi connectivity index (χ4v) is 9.33. The maximum absolute atomic E-state index is 5.72. The molecule has 0 N–H and O–H groups in total. The molecule has 0 atom stereocenters. The van der Waals surface area contributed by atoms with E-state index in [1.807, 2.05) is 30.7 Å². The monoisotopic (exact) mass is 842 g/mol. The quantitative estimate of drug-likeness (QED) is 0.160. The minimum Gasteiger partial charge on any atom is -0.310 e. The summed E-state index contributed by atoms with van der Waals surface area (Å²) in [5, 5.41) is 4.81. The summed E-state index contributed by atoms with van der Waals surface area (Å²) in [6.45, 7) is 13.7. The molecule has 0 bridgehead atoms. The number of benzene rings is 6. The van der Waals surface area contributed by atoms with Crippen LogP contribution < -0.4 is 4.90 Å². The van der Waals surface area contributed by atoms with Gasteiger partial charge in [0.05, 0.1) is 33.4 Å². The number of hydrogen-bond donors (Lipinski definition) is 0. The molecule has 65 heavy (non-hydrogen) atoms. The summed E-state index contributed by atoms with van der Waals surface area (Å²) >= 11 is 0. The van der Waals surface area contributed by atoms with E-state index in [1.54, 1.807) is 0 Å². The van der Waals surface area contributed by atoms with Crippen molar-refractivity contribution in [2.75, 3.05) is 4.90 Å². The van der Waals surface area contributed by atoms with E-state index in [1.165, 1.54) is 32.7 Å². The van der Waals surface area contributed by atoms with Gasteiger partial charge < -0.3 is 4.90 Å². The van der Waals surface area contributed by atoms with Crippen LogP contribution >= 0.6 is 0 Å². The van der Waals surface area contributed by atoms with Crippen LogP contribution in [0.25, 0.3) is 77.6 Å². The Kier molecular flexibility index (Phi) is 9.51.